The van der Waals surface area contributed by atoms with Crippen LogP contribution in [0.5, 0.6) is 0 Å². The lowest BCUT2D eigenvalue weighted by Crippen LogP contribution is -2.22. The number of halogens is 1. The number of rotatable bonds is 1. The Bertz CT molecular complexity index is 230. The summed E-state index contributed by atoms with van der Waals surface area (Å²) >= 11 is 0. The number of guanidine groups is 1. The van der Waals surface area contributed by atoms with Crippen LogP contribution in [0.4, 0.5) is 5.95 Å². The normalized spacial score (nSPS) is 8.00. The molecule has 0 aliphatic rings. The third-order valence-electron chi connectivity index (χ3n) is 0.709. The Kier molecular flexibility index (Phi) is 3.82. The predicted molar refractivity (Wildman–Crippen MR) is 42.5 cm³/mol. The first kappa shape index (κ1) is 9.57. The van der Waals surface area contributed by atoms with Crippen molar-refractivity contribution in [1.29, 1.82) is 0 Å². The van der Waals surface area contributed by atoms with Gasteiger partial charge < -0.3 is 11.5 Å². The van der Waals surface area contributed by atoms with Gasteiger partial charge in [0, 0.05) is 0 Å². The molecule has 60 valence electrons. The van der Waals surface area contributed by atoms with Gasteiger partial charge in [-0.2, -0.15) is 15.0 Å². The fraction of sp³-hybridized carbons (Fsp3) is 0. The number of aromatic nitrogens is 3. The summed E-state index contributed by atoms with van der Waals surface area (Å²) in [6.07, 6.45) is 2.63. The van der Waals surface area contributed by atoms with E-state index < -0.39 is 0 Å². The summed E-state index contributed by atoms with van der Waals surface area (Å²) in [6.45, 7) is 0. The third-order valence-corrected chi connectivity index (χ3v) is 0.709. The number of aliphatic imine (C=N–C) groups is 1. The topological polar surface area (TPSA) is 103 Å². The summed E-state index contributed by atoms with van der Waals surface area (Å²) in [4.78, 5) is 14.4. The van der Waals surface area contributed by atoms with Crippen LogP contribution in [0, 0.1) is 0 Å². The van der Waals surface area contributed by atoms with Crippen molar-refractivity contribution in [3.05, 3.63) is 12.7 Å². The molecule has 0 spiro atoms. The van der Waals surface area contributed by atoms with Crippen LogP contribution in [-0.2, 0) is 0 Å². The zero-order valence-corrected chi connectivity index (χ0v) is 6.32. The minimum atomic E-state index is -0.0637. The summed E-state index contributed by atoms with van der Waals surface area (Å²) in [5.41, 5.74) is 10.1. The van der Waals surface area contributed by atoms with Crippen molar-refractivity contribution in [2.75, 3.05) is 0 Å². The molecule has 0 radical (unpaired) electrons. The van der Waals surface area contributed by atoms with Crippen LogP contribution >= 0.6 is 12.4 Å². The van der Waals surface area contributed by atoms with Crippen LogP contribution in [-0.4, -0.2) is 20.9 Å². The van der Waals surface area contributed by atoms with E-state index in [-0.39, 0.29) is 24.3 Å². The molecule has 7 heteroatoms. The zero-order valence-electron chi connectivity index (χ0n) is 5.51. The molecule has 0 aromatic carbocycles. The van der Waals surface area contributed by atoms with E-state index >= 15 is 0 Å². The molecule has 0 saturated carbocycles. The van der Waals surface area contributed by atoms with E-state index in [1.54, 1.807) is 0 Å². The Hall–Kier alpha value is -1.43. The van der Waals surface area contributed by atoms with E-state index in [9.17, 15) is 0 Å². The van der Waals surface area contributed by atoms with Gasteiger partial charge in [0.2, 0.25) is 0 Å². The Morgan fingerprint density at radius 3 is 2.27 bits per heavy atom. The maximum Gasteiger partial charge on any atom is 0.255 e. The third kappa shape index (κ3) is 3.31. The summed E-state index contributed by atoms with van der Waals surface area (Å²) in [5.74, 6) is 0.154. The lowest BCUT2D eigenvalue weighted by molar-refractivity contribution is 1.03. The minimum absolute atomic E-state index is 0. The smallest absolute Gasteiger partial charge is 0.255 e. The van der Waals surface area contributed by atoms with Gasteiger partial charge in [0.15, 0.2) is 5.96 Å². The average molecular weight is 175 g/mol. The Morgan fingerprint density at radius 1 is 1.27 bits per heavy atom. The highest BCUT2D eigenvalue weighted by Crippen LogP contribution is 1.94. The molecule has 0 bridgehead atoms. The highest BCUT2D eigenvalue weighted by Gasteiger charge is 1.88. The number of hydrogen-bond acceptors (Lipinski definition) is 4. The lowest BCUT2D eigenvalue weighted by atomic mass is 10.9. The highest BCUT2D eigenvalue weighted by molar-refractivity contribution is 5.85. The van der Waals surface area contributed by atoms with E-state index in [0.717, 1.165) is 0 Å². The molecule has 1 heterocycles. The fourth-order valence-electron chi connectivity index (χ4n) is 0.406. The molecule has 0 aliphatic heterocycles. The van der Waals surface area contributed by atoms with Gasteiger partial charge >= 0.3 is 0 Å². The lowest BCUT2D eigenvalue weighted by Gasteiger charge is -1.88. The molecule has 0 fully saturated rings. The van der Waals surface area contributed by atoms with Crippen LogP contribution in [0.15, 0.2) is 17.6 Å². The number of hydrogen-bond donors (Lipinski definition) is 2. The second-order valence-electron chi connectivity index (χ2n) is 1.47. The quantitative estimate of drug-likeness (QED) is 0.429. The molecule has 0 saturated heterocycles. The van der Waals surface area contributed by atoms with Gasteiger partial charge in [-0.3, -0.25) is 0 Å². The van der Waals surface area contributed by atoms with Gasteiger partial charge in [0.25, 0.3) is 5.95 Å². The van der Waals surface area contributed by atoms with Gasteiger partial charge in [0.05, 0.1) is 0 Å². The summed E-state index contributed by atoms with van der Waals surface area (Å²) in [5, 5.41) is 0. The molecule has 1 aromatic rings. The minimum Gasteiger partial charge on any atom is -0.370 e. The van der Waals surface area contributed by atoms with Crippen molar-refractivity contribution in [1.82, 2.24) is 15.0 Å². The van der Waals surface area contributed by atoms with Gasteiger partial charge in [-0.05, 0) is 0 Å². The van der Waals surface area contributed by atoms with Gasteiger partial charge in [-0.1, -0.05) is 0 Å². The molecule has 0 unspecified atom stereocenters. The van der Waals surface area contributed by atoms with Crippen LogP contribution in [0.25, 0.3) is 0 Å². The molecule has 11 heavy (non-hydrogen) atoms. The summed E-state index contributed by atoms with van der Waals surface area (Å²) in [7, 11) is 0. The van der Waals surface area contributed by atoms with Crippen LogP contribution < -0.4 is 11.5 Å². The largest absolute Gasteiger partial charge is 0.370 e. The van der Waals surface area contributed by atoms with E-state index in [0.29, 0.717) is 0 Å². The van der Waals surface area contributed by atoms with Gasteiger partial charge in [0.1, 0.15) is 12.7 Å². The first-order valence-corrected chi connectivity index (χ1v) is 2.50. The Labute approximate surface area is 69.2 Å². The first-order valence-electron chi connectivity index (χ1n) is 2.50. The predicted octanol–water partition coefficient (Wildman–Crippen LogP) is -0.802. The zero-order chi connectivity index (χ0) is 7.40. The van der Waals surface area contributed by atoms with Crippen molar-refractivity contribution in [3.63, 3.8) is 0 Å². The second-order valence-corrected chi connectivity index (χ2v) is 1.47. The molecular weight excluding hydrogens is 168 g/mol. The van der Waals surface area contributed by atoms with Crippen molar-refractivity contribution in [2.24, 2.45) is 16.5 Å². The van der Waals surface area contributed by atoms with Crippen LogP contribution in [0.3, 0.4) is 0 Å². The molecular formula is C4H7ClN6. The molecule has 1 rings (SSSR count). The van der Waals surface area contributed by atoms with E-state index in [1.807, 2.05) is 0 Å². The fourth-order valence-corrected chi connectivity index (χ4v) is 0.406. The number of nitrogens with two attached hydrogens (primary N) is 2. The SMILES string of the molecule is Cl.NC(N)=Nc1ncncn1. The molecule has 4 N–H and O–H groups in total. The molecule has 6 nitrogen and oxygen atoms in total. The van der Waals surface area contributed by atoms with Crippen LogP contribution in [0.2, 0.25) is 0 Å². The Balaban J connectivity index is 0.000001000. The first-order chi connectivity index (χ1) is 4.79. The van der Waals surface area contributed by atoms with Gasteiger partial charge in [-0.25, -0.2) is 4.98 Å². The van der Waals surface area contributed by atoms with E-state index in [4.69, 9.17) is 11.5 Å². The maximum atomic E-state index is 5.05. The van der Waals surface area contributed by atoms with Crippen molar-refractivity contribution in [2.45, 2.75) is 0 Å². The van der Waals surface area contributed by atoms with Gasteiger partial charge in [-0.15, -0.1) is 12.4 Å². The van der Waals surface area contributed by atoms with Crippen molar-refractivity contribution < 1.29 is 0 Å². The summed E-state index contributed by atoms with van der Waals surface area (Å²) < 4.78 is 0. The number of nitrogens with zero attached hydrogens (tertiary/aromatic N) is 4. The monoisotopic (exact) mass is 174 g/mol. The Morgan fingerprint density at radius 2 is 1.82 bits per heavy atom. The second kappa shape index (κ2) is 4.40. The average Bonchev–Trinajstić information content (AvgIpc) is 1.88. The molecule has 0 amide bonds. The van der Waals surface area contributed by atoms with Crippen molar-refractivity contribution >= 4 is 24.3 Å². The molecule has 1 aromatic heterocycles. The molecule has 0 atom stereocenters. The van der Waals surface area contributed by atoms with Crippen molar-refractivity contribution in [3.8, 4) is 0 Å². The van der Waals surface area contributed by atoms with E-state index in [2.05, 4.69) is 19.9 Å². The van der Waals surface area contributed by atoms with E-state index in [1.165, 1.54) is 12.7 Å². The standard InChI is InChI=1S/C4H6N6.ClH/c5-3(6)10-4-8-1-7-2-9-4;/h1-2H,(H4,5,6,7,8,9,10);1H. The van der Waals surface area contributed by atoms with Crippen LogP contribution in [0.1, 0.15) is 0 Å². The maximum absolute atomic E-state index is 5.05. The summed E-state index contributed by atoms with van der Waals surface area (Å²) in [6, 6.07) is 0. The highest BCUT2D eigenvalue weighted by atomic mass is 35.5. The molecule has 0 aliphatic carbocycles.